The summed E-state index contributed by atoms with van der Waals surface area (Å²) in [7, 11) is 0. The predicted molar refractivity (Wildman–Crippen MR) is 79.2 cm³/mol. The van der Waals surface area contributed by atoms with E-state index in [1.54, 1.807) is 0 Å². The molecule has 1 aromatic carbocycles. The van der Waals surface area contributed by atoms with E-state index in [9.17, 15) is 4.79 Å². The minimum Gasteiger partial charge on any atom is -0.465 e. The molecule has 2 N–H and O–H groups in total. The fourth-order valence-electron chi connectivity index (χ4n) is 2.39. The first-order valence-electron chi connectivity index (χ1n) is 6.79. The van der Waals surface area contributed by atoms with Crippen LogP contribution in [-0.2, 0) is 6.54 Å². The summed E-state index contributed by atoms with van der Waals surface area (Å²) in [5, 5.41) is 11.7. The molecule has 2 rings (SSSR count). The number of rotatable bonds is 5. The Kier molecular flexibility index (Phi) is 5.64. The molecule has 110 valence electrons. The monoisotopic (exact) mass is 297 g/mol. The standard InChI is InChI=1S/C14H20ClN3O2/c15-13-3-1-2-12(10-13)11-18-8-6-17(7-9-18)5-4-16-14(19)20/h1-3,10,16H,4-9,11H2,(H,19,20). The van der Waals surface area contributed by atoms with Crippen molar-refractivity contribution in [1.29, 1.82) is 0 Å². The Morgan fingerprint density at radius 2 is 1.95 bits per heavy atom. The van der Waals surface area contributed by atoms with Gasteiger partial charge in [0.15, 0.2) is 0 Å². The summed E-state index contributed by atoms with van der Waals surface area (Å²) < 4.78 is 0. The minimum atomic E-state index is -0.954. The molecule has 1 aliphatic rings. The topological polar surface area (TPSA) is 55.8 Å². The Balaban J connectivity index is 1.70. The first-order chi connectivity index (χ1) is 9.63. The second-order valence-corrected chi connectivity index (χ2v) is 5.42. The van der Waals surface area contributed by atoms with Crippen LogP contribution in [0.15, 0.2) is 24.3 Å². The Morgan fingerprint density at radius 1 is 1.25 bits per heavy atom. The van der Waals surface area contributed by atoms with E-state index in [0.717, 1.165) is 44.3 Å². The van der Waals surface area contributed by atoms with Crippen molar-refractivity contribution in [3.05, 3.63) is 34.9 Å². The van der Waals surface area contributed by atoms with Gasteiger partial charge in [-0.25, -0.2) is 4.79 Å². The van der Waals surface area contributed by atoms with Crippen molar-refractivity contribution in [2.45, 2.75) is 6.54 Å². The van der Waals surface area contributed by atoms with E-state index in [-0.39, 0.29) is 0 Å². The molecule has 0 aliphatic carbocycles. The lowest BCUT2D eigenvalue weighted by atomic mass is 10.2. The van der Waals surface area contributed by atoms with Gasteiger partial charge in [-0.1, -0.05) is 23.7 Å². The number of piperazine rings is 1. The van der Waals surface area contributed by atoms with Crippen LogP contribution >= 0.6 is 11.6 Å². The van der Waals surface area contributed by atoms with Crippen molar-refractivity contribution in [3.63, 3.8) is 0 Å². The van der Waals surface area contributed by atoms with E-state index in [4.69, 9.17) is 16.7 Å². The highest BCUT2D eigenvalue weighted by molar-refractivity contribution is 6.30. The average Bonchev–Trinajstić information content (AvgIpc) is 2.40. The maximum atomic E-state index is 10.4. The zero-order chi connectivity index (χ0) is 14.4. The summed E-state index contributed by atoms with van der Waals surface area (Å²) in [5.74, 6) is 0. The zero-order valence-corrected chi connectivity index (χ0v) is 12.1. The lowest BCUT2D eigenvalue weighted by Crippen LogP contribution is -2.47. The molecular weight excluding hydrogens is 278 g/mol. The van der Waals surface area contributed by atoms with E-state index in [2.05, 4.69) is 21.2 Å². The number of nitrogens with one attached hydrogen (secondary N) is 1. The molecule has 0 saturated carbocycles. The third-order valence-corrected chi connectivity index (χ3v) is 3.70. The van der Waals surface area contributed by atoms with Crippen LogP contribution in [0.2, 0.25) is 5.02 Å². The molecule has 0 unspecified atom stereocenters. The third kappa shape index (κ3) is 5.00. The van der Waals surface area contributed by atoms with Crippen LogP contribution in [-0.4, -0.2) is 60.3 Å². The van der Waals surface area contributed by atoms with E-state index < -0.39 is 6.09 Å². The van der Waals surface area contributed by atoms with E-state index in [1.165, 1.54) is 5.56 Å². The molecule has 1 saturated heterocycles. The van der Waals surface area contributed by atoms with Crippen LogP contribution in [0.5, 0.6) is 0 Å². The van der Waals surface area contributed by atoms with E-state index in [0.29, 0.717) is 6.54 Å². The summed E-state index contributed by atoms with van der Waals surface area (Å²) >= 11 is 5.99. The molecule has 1 fully saturated rings. The number of carboxylic acid groups (broad SMARTS) is 1. The van der Waals surface area contributed by atoms with Crippen molar-refractivity contribution >= 4 is 17.7 Å². The Hall–Kier alpha value is -1.30. The van der Waals surface area contributed by atoms with Gasteiger partial charge < -0.3 is 10.4 Å². The fourth-order valence-corrected chi connectivity index (χ4v) is 2.60. The highest BCUT2D eigenvalue weighted by atomic mass is 35.5. The maximum absolute atomic E-state index is 10.4. The molecule has 0 spiro atoms. The summed E-state index contributed by atoms with van der Waals surface area (Å²) in [6.07, 6.45) is -0.954. The largest absolute Gasteiger partial charge is 0.465 e. The summed E-state index contributed by atoms with van der Waals surface area (Å²) in [4.78, 5) is 15.1. The molecule has 1 amide bonds. The molecule has 6 heteroatoms. The van der Waals surface area contributed by atoms with Gasteiger partial charge in [0, 0.05) is 50.8 Å². The minimum absolute atomic E-state index is 0.490. The summed E-state index contributed by atoms with van der Waals surface area (Å²) in [6.45, 7) is 6.13. The molecule has 1 aliphatic heterocycles. The number of hydrogen-bond acceptors (Lipinski definition) is 3. The Labute approximate surface area is 124 Å². The molecular formula is C14H20ClN3O2. The molecule has 0 aromatic heterocycles. The van der Waals surface area contributed by atoms with Crippen LogP contribution < -0.4 is 5.32 Å². The van der Waals surface area contributed by atoms with Gasteiger partial charge in [0.05, 0.1) is 0 Å². The predicted octanol–water partition coefficient (Wildman–Crippen LogP) is 1.73. The van der Waals surface area contributed by atoms with Gasteiger partial charge in [-0.3, -0.25) is 9.80 Å². The van der Waals surface area contributed by atoms with Crippen molar-refractivity contribution in [2.75, 3.05) is 39.3 Å². The van der Waals surface area contributed by atoms with Crippen LogP contribution in [0.4, 0.5) is 4.79 Å². The fraction of sp³-hybridized carbons (Fsp3) is 0.500. The maximum Gasteiger partial charge on any atom is 0.404 e. The van der Waals surface area contributed by atoms with Gasteiger partial charge in [0.2, 0.25) is 0 Å². The van der Waals surface area contributed by atoms with Crippen LogP contribution in [0.1, 0.15) is 5.56 Å². The second-order valence-electron chi connectivity index (χ2n) is 4.98. The van der Waals surface area contributed by atoms with Gasteiger partial charge in [-0.05, 0) is 17.7 Å². The van der Waals surface area contributed by atoms with Crippen molar-refractivity contribution in [1.82, 2.24) is 15.1 Å². The molecule has 1 aromatic rings. The summed E-state index contributed by atoms with van der Waals surface area (Å²) in [5.41, 5.74) is 1.23. The molecule has 0 radical (unpaired) electrons. The smallest absolute Gasteiger partial charge is 0.404 e. The normalized spacial score (nSPS) is 17.1. The van der Waals surface area contributed by atoms with E-state index >= 15 is 0 Å². The summed E-state index contributed by atoms with van der Waals surface area (Å²) in [6, 6.07) is 7.96. The average molecular weight is 298 g/mol. The molecule has 0 atom stereocenters. The van der Waals surface area contributed by atoms with Crippen LogP contribution in [0.3, 0.4) is 0 Å². The van der Waals surface area contributed by atoms with Crippen LogP contribution in [0, 0.1) is 0 Å². The van der Waals surface area contributed by atoms with Gasteiger partial charge in [-0.15, -0.1) is 0 Å². The molecule has 20 heavy (non-hydrogen) atoms. The molecule has 5 nitrogen and oxygen atoms in total. The first-order valence-corrected chi connectivity index (χ1v) is 7.17. The quantitative estimate of drug-likeness (QED) is 0.869. The molecule has 1 heterocycles. The number of hydrogen-bond donors (Lipinski definition) is 2. The molecule has 0 bridgehead atoms. The highest BCUT2D eigenvalue weighted by Gasteiger charge is 2.16. The van der Waals surface area contributed by atoms with Gasteiger partial charge in [0.25, 0.3) is 0 Å². The number of halogens is 1. The SMILES string of the molecule is O=C(O)NCCN1CCN(Cc2cccc(Cl)c2)CC1. The number of benzene rings is 1. The first kappa shape index (κ1) is 15.1. The van der Waals surface area contributed by atoms with Gasteiger partial charge in [0.1, 0.15) is 0 Å². The van der Waals surface area contributed by atoms with Gasteiger partial charge >= 0.3 is 6.09 Å². The highest BCUT2D eigenvalue weighted by Crippen LogP contribution is 2.13. The van der Waals surface area contributed by atoms with Crippen LogP contribution in [0.25, 0.3) is 0 Å². The van der Waals surface area contributed by atoms with Gasteiger partial charge in [-0.2, -0.15) is 0 Å². The number of carbonyl (C=O) groups is 1. The number of nitrogens with zero attached hydrogens (tertiary/aromatic N) is 2. The lowest BCUT2D eigenvalue weighted by molar-refractivity contribution is 0.127. The Morgan fingerprint density at radius 3 is 2.60 bits per heavy atom. The Bertz CT molecular complexity index is 448. The van der Waals surface area contributed by atoms with Crippen molar-refractivity contribution < 1.29 is 9.90 Å². The zero-order valence-electron chi connectivity index (χ0n) is 11.4. The second kappa shape index (κ2) is 7.47. The third-order valence-electron chi connectivity index (χ3n) is 3.46. The lowest BCUT2D eigenvalue weighted by Gasteiger charge is -2.34. The number of amides is 1. The van der Waals surface area contributed by atoms with E-state index in [1.807, 2.05) is 18.2 Å². The van der Waals surface area contributed by atoms with Crippen molar-refractivity contribution in [3.8, 4) is 0 Å². The van der Waals surface area contributed by atoms with Crippen molar-refractivity contribution in [2.24, 2.45) is 0 Å².